The van der Waals surface area contributed by atoms with E-state index in [2.05, 4.69) is 9.68 Å². The van der Waals surface area contributed by atoms with E-state index in [-0.39, 0.29) is 17.1 Å². The van der Waals surface area contributed by atoms with Crippen LogP contribution in [0.25, 0.3) is 0 Å². The summed E-state index contributed by atoms with van der Waals surface area (Å²) in [6.45, 7) is 1.52. The number of halogens is 3. The van der Waals surface area contributed by atoms with E-state index in [0.717, 1.165) is 12.1 Å². The number of amides is 1. The molecule has 0 aliphatic heterocycles. The zero-order valence-electron chi connectivity index (χ0n) is 10.2. The predicted molar refractivity (Wildman–Crippen MR) is 60.8 cm³/mol. The summed E-state index contributed by atoms with van der Waals surface area (Å²) in [5.41, 5.74) is 1.28. The maximum Gasteiger partial charge on any atom is 0.416 e. The van der Waals surface area contributed by atoms with Crippen LogP contribution in [0, 0.1) is 6.92 Å². The molecule has 1 amide bonds. The summed E-state index contributed by atoms with van der Waals surface area (Å²) >= 11 is 0. The molecule has 0 saturated heterocycles. The Morgan fingerprint density at radius 2 is 2.15 bits per heavy atom. The minimum absolute atomic E-state index is 0.136. The Morgan fingerprint density at radius 1 is 1.40 bits per heavy atom. The van der Waals surface area contributed by atoms with Crippen LogP contribution in [0.15, 0.2) is 35.0 Å². The second-order valence-corrected chi connectivity index (χ2v) is 3.85. The average Bonchev–Trinajstić information content (AvgIpc) is 2.82. The maximum absolute atomic E-state index is 12.5. The second kappa shape index (κ2) is 5.24. The number of benzene rings is 1. The van der Waals surface area contributed by atoms with E-state index >= 15 is 0 Å². The number of aryl methyl sites for hydroxylation is 1. The normalized spacial score (nSPS) is 11.2. The smallest absolute Gasteiger partial charge is 0.379 e. The summed E-state index contributed by atoms with van der Waals surface area (Å²) in [6, 6.07) is 4.14. The molecule has 0 bridgehead atoms. The highest BCUT2D eigenvalue weighted by molar-refractivity contribution is 5.94. The lowest BCUT2D eigenvalue weighted by atomic mass is 10.2. The van der Waals surface area contributed by atoms with Gasteiger partial charge in [0.25, 0.3) is 5.91 Å². The van der Waals surface area contributed by atoms with E-state index in [1.807, 2.05) is 5.48 Å². The highest BCUT2D eigenvalue weighted by atomic mass is 19.4. The molecule has 0 unspecified atom stereocenters. The summed E-state index contributed by atoms with van der Waals surface area (Å²) in [6.07, 6.45) is -3.30. The van der Waals surface area contributed by atoms with Crippen LogP contribution in [-0.4, -0.2) is 11.1 Å². The van der Waals surface area contributed by atoms with E-state index in [1.54, 1.807) is 0 Å². The number of aromatic nitrogens is 1. The van der Waals surface area contributed by atoms with Crippen molar-refractivity contribution in [3.63, 3.8) is 0 Å². The van der Waals surface area contributed by atoms with Crippen LogP contribution in [0.3, 0.4) is 0 Å². The van der Waals surface area contributed by atoms with Gasteiger partial charge in [0, 0.05) is 0 Å². The molecule has 2 rings (SSSR count). The van der Waals surface area contributed by atoms with E-state index in [9.17, 15) is 18.0 Å². The number of hydrogen-bond acceptors (Lipinski definition) is 4. The molecule has 0 aliphatic carbocycles. The van der Waals surface area contributed by atoms with Crippen molar-refractivity contribution in [1.82, 2.24) is 10.6 Å². The second-order valence-electron chi connectivity index (χ2n) is 3.85. The van der Waals surface area contributed by atoms with Crippen LogP contribution in [0.1, 0.15) is 21.7 Å². The third kappa shape index (κ3) is 3.08. The maximum atomic E-state index is 12.5. The number of rotatable bonds is 3. The fourth-order valence-electron chi connectivity index (χ4n) is 1.41. The van der Waals surface area contributed by atoms with E-state index in [0.29, 0.717) is 0 Å². The first kappa shape index (κ1) is 13.9. The lowest BCUT2D eigenvalue weighted by Crippen LogP contribution is -2.27. The molecular weight excluding hydrogens is 277 g/mol. The molecule has 20 heavy (non-hydrogen) atoms. The van der Waals surface area contributed by atoms with E-state index < -0.39 is 17.6 Å². The summed E-state index contributed by atoms with van der Waals surface area (Å²) in [7, 11) is 0. The third-order valence-corrected chi connectivity index (χ3v) is 2.42. The van der Waals surface area contributed by atoms with Crippen molar-refractivity contribution in [2.75, 3.05) is 0 Å². The predicted octanol–water partition coefficient (Wildman–Crippen LogP) is 2.73. The molecule has 1 N–H and O–H groups in total. The van der Waals surface area contributed by atoms with Gasteiger partial charge in [0.05, 0.1) is 11.8 Å². The van der Waals surface area contributed by atoms with Crippen LogP contribution in [-0.2, 0) is 6.18 Å². The molecule has 0 spiro atoms. The van der Waals surface area contributed by atoms with Gasteiger partial charge in [-0.2, -0.15) is 18.7 Å². The average molecular weight is 286 g/mol. The van der Waals surface area contributed by atoms with Gasteiger partial charge in [-0.1, -0.05) is 11.2 Å². The van der Waals surface area contributed by atoms with Crippen molar-refractivity contribution in [2.45, 2.75) is 13.1 Å². The third-order valence-electron chi connectivity index (χ3n) is 2.42. The fourth-order valence-corrected chi connectivity index (χ4v) is 1.41. The first-order chi connectivity index (χ1) is 9.38. The van der Waals surface area contributed by atoms with Crippen molar-refractivity contribution >= 4 is 5.91 Å². The highest BCUT2D eigenvalue weighted by Crippen LogP contribution is 2.31. The first-order valence-corrected chi connectivity index (χ1v) is 5.43. The molecule has 1 aromatic carbocycles. The fraction of sp³-hybridized carbons (Fsp3) is 0.167. The van der Waals surface area contributed by atoms with Crippen molar-refractivity contribution in [1.29, 1.82) is 0 Å². The Hall–Kier alpha value is -2.51. The van der Waals surface area contributed by atoms with Crippen LogP contribution in [0.5, 0.6) is 5.75 Å². The molecule has 106 valence electrons. The van der Waals surface area contributed by atoms with Gasteiger partial charge in [0.15, 0.2) is 5.75 Å². The Balaban J connectivity index is 2.05. The molecule has 0 saturated carbocycles. The summed E-state index contributed by atoms with van der Waals surface area (Å²) < 4.78 is 42.1. The summed E-state index contributed by atoms with van der Waals surface area (Å²) in [4.78, 5) is 16.4. The zero-order chi connectivity index (χ0) is 14.8. The molecule has 0 fully saturated rings. The number of hydrogen-bond donors (Lipinski definition) is 1. The first-order valence-electron chi connectivity index (χ1n) is 5.43. The van der Waals surface area contributed by atoms with Crippen molar-refractivity contribution in [3.05, 3.63) is 47.3 Å². The van der Waals surface area contributed by atoms with Crippen LogP contribution in [0.2, 0.25) is 0 Å². The van der Waals surface area contributed by atoms with Gasteiger partial charge in [-0.3, -0.25) is 4.79 Å². The Bertz CT molecular complexity index is 622. The lowest BCUT2D eigenvalue weighted by molar-refractivity contribution is -0.137. The number of alkyl halides is 3. The standard InChI is InChI=1S/C12H9F3N2O3/c1-7-10(6-16-19-7)11(18)17-20-9-4-2-3-8(5-9)12(13,14)15/h2-6H,1H3,(H,17,18). The Labute approximate surface area is 111 Å². The number of carbonyl (C=O) groups excluding carboxylic acids is 1. The van der Waals surface area contributed by atoms with Gasteiger partial charge in [-0.05, 0) is 25.1 Å². The minimum atomic E-state index is -4.48. The molecular formula is C12H9F3N2O3. The number of carbonyl (C=O) groups is 1. The van der Waals surface area contributed by atoms with Crippen molar-refractivity contribution in [3.8, 4) is 5.75 Å². The van der Waals surface area contributed by atoms with Gasteiger partial charge in [-0.25, -0.2) is 0 Å². The van der Waals surface area contributed by atoms with Crippen molar-refractivity contribution < 1.29 is 27.3 Å². The van der Waals surface area contributed by atoms with Crippen LogP contribution in [0.4, 0.5) is 13.2 Å². The summed E-state index contributed by atoms with van der Waals surface area (Å²) in [5.74, 6) is -0.529. The molecule has 0 atom stereocenters. The minimum Gasteiger partial charge on any atom is -0.379 e. The number of hydroxylamine groups is 1. The van der Waals surface area contributed by atoms with Gasteiger partial charge >= 0.3 is 6.18 Å². The number of nitrogens with zero attached hydrogens (tertiary/aromatic N) is 1. The topological polar surface area (TPSA) is 64.4 Å². The van der Waals surface area contributed by atoms with E-state index in [1.165, 1.54) is 25.3 Å². The largest absolute Gasteiger partial charge is 0.416 e. The monoisotopic (exact) mass is 286 g/mol. The SMILES string of the molecule is Cc1oncc1C(=O)NOc1cccc(C(F)(F)F)c1. The highest BCUT2D eigenvalue weighted by Gasteiger charge is 2.30. The van der Waals surface area contributed by atoms with Gasteiger partial charge in [0.1, 0.15) is 11.3 Å². The number of nitrogens with one attached hydrogen (secondary N) is 1. The Kier molecular flexibility index (Phi) is 3.64. The zero-order valence-corrected chi connectivity index (χ0v) is 10.2. The Morgan fingerprint density at radius 3 is 2.75 bits per heavy atom. The lowest BCUT2D eigenvalue weighted by Gasteiger charge is -2.09. The summed E-state index contributed by atoms with van der Waals surface area (Å²) in [5, 5.41) is 3.40. The van der Waals surface area contributed by atoms with E-state index in [4.69, 9.17) is 4.84 Å². The van der Waals surface area contributed by atoms with Crippen LogP contribution < -0.4 is 10.3 Å². The molecule has 0 aliphatic rings. The molecule has 1 aromatic heterocycles. The molecule has 8 heteroatoms. The molecule has 1 heterocycles. The van der Waals surface area contributed by atoms with Gasteiger partial charge in [-0.15, -0.1) is 0 Å². The van der Waals surface area contributed by atoms with Crippen LogP contribution >= 0.6 is 0 Å². The quantitative estimate of drug-likeness (QED) is 0.881. The molecule has 2 aromatic rings. The van der Waals surface area contributed by atoms with Gasteiger partial charge < -0.3 is 9.36 Å². The van der Waals surface area contributed by atoms with Crippen molar-refractivity contribution in [2.24, 2.45) is 0 Å². The molecule has 0 radical (unpaired) electrons. The molecule has 5 nitrogen and oxygen atoms in total. The van der Waals surface area contributed by atoms with Gasteiger partial charge in [0.2, 0.25) is 0 Å².